The van der Waals surface area contributed by atoms with Gasteiger partial charge in [-0.15, -0.1) is 0 Å². The molecule has 0 spiro atoms. The monoisotopic (exact) mass is 258 g/mol. The van der Waals surface area contributed by atoms with Gasteiger partial charge in [-0.1, -0.05) is 0 Å². The molecule has 0 saturated carbocycles. The van der Waals surface area contributed by atoms with Gasteiger partial charge < -0.3 is 15.4 Å². The first-order valence-corrected chi connectivity index (χ1v) is 6.05. The van der Waals surface area contributed by atoms with Gasteiger partial charge in [-0.25, -0.2) is 10.2 Å². The SMILES string of the molecule is CN/C=C(/CNNC(=O)OC(C)(C)C)C(C)NC. The number of carbonyl (C=O) groups excluding carboxylic acids is 1. The minimum absolute atomic E-state index is 0.213. The Morgan fingerprint density at radius 2 is 1.94 bits per heavy atom. The van der Waals surface area contributed by atoms with Crippen LogP contribution >= 0.6 is 0 Å². The third-order valence-corrected chi connectivity index (χ3v) is 2.20. The molecule has 0 rings (SSSR count). The smallest absolute Gasteiger partial charge is 0.422 e. The first-order valence-electron chi connectivity index (χ1n) is 6.05. The molecule has 1 amide bonds. The number of rotatable bonds is 6. The van der Waals surface area contributed by atoms with Crippen molar-refractivity contribution in [3.63, 3.8) is 0 Å². The number of hydrogen-bond acceptors (Lipinski definition) is 5. The average Bonchev–Trinajstić information content (AvgIpc) is 2.24. The van der Waals surface area contributed by atoms with Crippen molar-refractivity contribution >= 4 is 6.09 Å². The van der Waals surface area contributed by atoms with Gasteiger partial charge in [0.05, 0.1) is 0 Å². The van der Waals surface area contributed by atoms with E-state index in [9.17, 15) is 4.79 Å². The number of hydrazine groups is 1. The molecule has 4 N–H and O–H groups in total. The summed E-state index contributed by atoms with van der Waals surface area (Å²) in [5, 5.41) is 6.11. The number of ether oxygens (including phenoxy) is 1. The van der Waals surface area contributed by atoms with Crippen LogP contribution in [0.25, 0.3) is 0 Å². The van der Waals surface area contributed by atoms with Crippen LogP contribution in [0.3, 0.4) is 0 Å². The summed E-state index contributed by atoms with van der Waals surface area (Å²) in [7, 11) is 3.72. The highest BCUT2D eigenvalue weighted by Gasteiger charge is 2.15. The zero-order valence-corrected chi connectivity index (χ0v) is 12.2. The van der Waals surface area contributed by atoms with Crippen molar-refractivity contribution in [1.82, 2.24) is 21.5 Å². The maximum atomic E-state index is 11.4. The van der Waals surface area contributed by atoms with Crippen LogP contribution in [0, 0.1) is 0 Å². The van der Waals surface area contributed by atoms with E-state index < -0.39 is 11.7 Å². The molecule has 0 heterocycles. The molecule has 0 bridgehead atoms. The van der Waals surface area contributed by atoms with Crippen molar-refractivity contribution in [1.29, 1.82) is 0 Å². The van der Waals surface area contributed by atoms with Crippen LogP contribution in [0.5, 0.6) is 0 Å². The van der Waals surface area contributed by atoms with Gasteiger partial charge >= 0.3 is 6.09 Å². The molecule has 0 aliphatic rings. The molecule has 6 nitrogen and oxygen atoms in total. The van der Waals surface area contributed by atoms with Crippen molar-refractivity contribution in [2.45, 2.75) is 39.3 Å². The van der Waals surface area contributed by atoms with Crippen LogP contribution in [-0.4, -0.2) is 38.4 Å². The quantitative estimate of drug-likeness (QED) is 0.529. The Labute approximate surface area is 110 Å². The fourth-order valence-corrected chi connectivity index (χ4v) is 1.22. The molecule has 0 saturated heterocycles. The fourth-order valence-electron chi connectivity index (χ4n) is 1.22. The van der Waals surface area contributed by atoms with E-state index in [4.69, 9.17) is 4.74 Å². The number of amides is 1. The lowest BCUT2D eigenvalue weighted by molar-refractivity contribution is 0.0500. The third kappa shape index (κ3) is 7.92. The normalized spacial score (nSPS) is 14.0. The highest BCUT2D eigenvalue weighted by Crippen LogP contribution is 2.06. The standard InChI is InChI=1S/C12H26N4O2/c1-9(14-6)10(7-13-5)8-15-16-11(17)18-12(2,3)4/h7,9,13-15H,8H2,1-6H3,(H,16,17)/b10-7-. The first kappa shape index (κ1) is 16.7. The number of likely N-dealkylation sites (N-methyl/N-ethyl adjacent to an activating group) is 1. The Bertz CT molecular complexity index is 284. The predicted octanol–water partition coefficient (Wildman–Crippen LogP) is 0.727. The van der Waals surface area contributed by atoms with Gasteiger partial charge in [0, 0.05) is 19.6 Å². The van der Waals surface area contributed by atoms with Crippen LogP contribution < -0.4 is 21.5 Å². The van der Waals surface area contributed by atoms with Crippen LogP contribution in [0.4, 0.5) is 4.79 Å². The van der Waals surface area contributed by atoms with E-state index in [1.807, 2.05) is 48.0 Å². The third-order valence-electron chi connectivity index (χ3n) is 2.20. The highest BCUT2D eigenvalue weighted by atomic mass is 16.6. The summed E-state index contributed by atoms with van der Waals surface area (Å²) in [6.45, 7) is 8.03. The van der Waals surface area contributed by atoms with Crippen LogP contribution in [0.1, 0.15) is 27.7 Å². The van der Waals surface area contributed by atoms with Gasteiger partial charge in [-0.3, -0.25) is 5.43 Å². The Kier molecular flexibility index (Phi) is 7.38. The molecule has 0 aromatic heterocycles. The van der Waals surface area contributed by atoms with Gasteiger partial charge in [0.25, 0.3) is 0 Å². The average molecular weight is 258 g/mol. The number of carbonyl (C=O) groups is 1. The van der Waals surface area contributed by atoms with Gasteiger partial charge in [0.15, 0.2) is 0 Å². The molecule has 0 aromatic rings. The summed E-state index contributed by atoms with van der Waals surface area (Å²) in [5.74, 6) is 0. The molecule has 1 atom stereocenters. The van der Waals surface area contributed by atoms with E-state index >= 15 is 0 Å². The van der Waals surface area contributed by atoms with E-state index in [1.54, 1.807) is 0 Å². The van der Waals surface area contributed by atoms with E-state index in [1.165, 1.54) is 0 Å². The Morgan fingerprint density at radius 1 is 1.33 bits per heavy atom. The molecule has 0 radical (unpaired) electrons. The second kappa shape index (κ2) is 7.94. The van der Waals surface area contributed by atoms with E-state index in [0.29, 0.717) is 6.54 Å². The molecular weight excluding hydrogens is 232 g/mol. The second-order valence-corrected chi connectivity index (χ2v) is 5.00. The Morgan fingerprint density at radius 3 is 2.39 bits per heavy atom. The summed E-state index contributed by atoms with van der Waals surface area (Å²) in [5.41, 5.74) is 5.94. The Balaban J connectivity index is 4.08. The lowest BCUT2D eigenvalue weighted by atomic mass is 10.1. The number of nitrogens with one attached hydrogen (secondary N) is 4. The summed E-state index contributed by atoms with van der Waals surface area (Å²) in [6, 6.07) is 0.213. The molecule has 18 heavy (non-hydrogen) atoms. The molecular formula is C12H26N4O2. The van der Waals surface area contributed by atoms with Gasteiger partial charge in [0.2, 0.25) is 0 Å². The molecule has 106 valence electrons. The molecule has 0 fully saturated rings. The summed E-state index contributed by atoms with van der Waals surface area (Å²) >= 11 is 0. The van der Waals surface area contributed by atoms with Crippen LogP contribution in [0.15, 0.2) is 11.8 Å². The zero-order valence-electron chi connectivity index (χ0n) is 12.2. The van der Waals surface area contributed by atoms with Crippen LogP contribution in [0.2, 0.25) is 0 Å². The van der Waals surface area contributed by atoms with E-state index in [-0.39, 0.29) is 6.04 Å². The topological polar surface area (TPSA) is 74.4 Å². The van der Waals surface area contributed by atoms with E-state index in [0.717, 1.165) is 5.57 Å². The summed E-state index contributed by atoms with van der Waals surface area (Å²) in [4.78, 5) is 11.4. The maximum Gasteiger partial charge on any atom is 0.422 e. The van der Waals surface area contributed by atoms with Crippen molar-refractivity contribution in [3.05, 3.63) is 11.8 Å². The molecule has 0 aliphatic heterocycles. The molecule has 0 aliphatic carbocycles. The zero-order chi connectivity index (χ0) is 14.2. The minimum atomic E-state index is -0.492. The van der Waals surface area contributed by atoms with Gasteiger partial charge in [-0.2, -0.15) is 0 Å². The van der Waals surface area contributed by atoms with Gasteiger partial charge in [0.1, 0.15) is 5.60 Å². The predicted molar refractivity (Wildman–Crippen MR) is 73.0 cm³/mol. The fraction of sp³-hybridized carbons (Fsp3) is 0.750. The number of hydrogen-bond donors (Lipinski definition) is 4. The Hall–Kier alpha value is -1.27. The van der Waals surface area contributed by atoms with Crippen molar-refractivity contribution < 1.29 is 9.53 Å². The second-order valence-electron chi connectivity index (χ2n) is 5.00. The van der Waals surface area contributed by atoms with Crippen molar-refractivity contribution in [2.24, 2.45) is 0 Å². The molecule has 0 aromatic carbocycles. The first-order chi connectivity index (χ1) is 8.30. The van der Waals surface area contributed by atoms with Gasteiger partial charge in [-0.05, 0) is 46.5 Å². The largest absolute Gasteiger partial charge is 0.443 e. The molecule has 6 heteroatoms. The highest BCUT2D eigenvalue weighted by molar-refractivity contribution is 5.67. The van der Waals surface area contributed by atoms with Crippen LogP contribution in [-0.2, 0) is 4.74 Å². The summed E-state index contributed by atoms with van der Waals surface area (Å²) in [6.07, 6.45) is 1.41. The van der Waals surface area contributed by atoms with E-state index in [2.05, 4.69) is 21.5 Å². The minimum Gasteiger partial charge on any atom is -0.443 e. The summed E-state index contributed by atoms with van der Waals surface area (Å²) < 4.78 is 5.10. The lowest BCUT2D eigenvalue weighted by Gasteiger charge is -2.21. The molecule has 1 unspecified atom stereocenters. The van der Waals surface area contributed by atoms with Crippen molar-refractivity contribution in [2.75, 3.05) is 20.6 Å². The lowest BCUT2D eigenvalue weighted by Crippen LogP contribution is -2.43. The maximum absolute atomic E-state index is 11.4. The van der Waals surface area contributed by atoms with Crippen molar-refractivity contribution in [3.8, 4) is 0 Å².